The van der Waals surface area contributed by atoms with Gasteiger partial charge in [0.1, 0.15) is 0 Å². The van der Waals surface area contributed by atoms with Crippen molar-refractivity contribution in [2.45, 2.75) is 52.6 Å². The van der Waals surface area contributed by atoms with Gasteiger partial charge in [0.05, 0.1) is 12.6 Å². The largest absolute Gasteiger partial charge is 0.350 e. The summed E-state index contributed by atoms with van der Waals surface area (Å²) in [4.78, 5) is 28.9. The molecule has 1 aliphatic rings. The summed E-state index contributed by atoms with van der Waals surface area (Å²) in [5.41, 5.74) is 1.88. The maximum absolute atomic E-state index is 12.6. The summed E-state index contributed by atoms with van der Waals surface area (Å²) in [7, 11) is 0. The summed E-state index contributed by atoms with van der Waals surface area (Å²) in [6, 6.07) is 7.80. The first kappa shape index (κ1) is 21.4. The lowest BCUT2D eigenvalue weighted by atomic mass is 10.1. The summed E-state index contributed by atoms with van der Waals surface area (Å²) in [5, 5.41) is 6.00. The minimum atomic E-state index is -0.208. The van der Waals surface area contributed by atoms with E-state index >= 15 is 0 Å². The van der Waals surface area contributed by atoms with E-state index in [0.29, 0.717) is 6.54 Å². The van der Waals surface area contributed by atoms with Gasteiger partial charge < -0.3 is 10.6 Å². The second kappa shape index (κ2) is 9.33. The molecule has 2 rings (SSSR count). The molecule has 0 aliphatic carbocycles. The number of hydrogen-bond donors (Lipinski definition) is 2. The van der Waals surface area contributed by atoms with Crippen LogP contribution < -0.4 is 10.6 Å². The highest BCUT2D eigenvalue weighted by Crippen LogP contribution is 2.13. The molecule has 0 aromatic heterocycles. The van der Waals surface area contributed by atoms with Crippen LogP contribution in [0, 0.1) is 0 Å². The van der Waals surface area contributed by atoms with Crippen molar-refractivity contribution >= 4 is 17.5 Å². The number of carbonyl (C=O) groups excluding carboxylic acids is 2. The average molecular weight is 375 g/mol. The quantitative estimate of drug-likeness (QED) is 0.800. The Morgan fingerprint density at radius 3 is 2.19 bits per heavy atom. The first-order valence-electron chi connectivity index (χ1n) is 9.85. The van der Waals surface area contributed by atoms with Gasteiger partial charge in [-0.1, -0.05) is 19.1 Å². The molecule has 150 valence electrons. The zero-order chi connectivity index (χ0) is 20.0. The van der Waals surface area contributed by atoms with Crippen LogP contribution in [0.4, 0.5) is 5.69 Å². The normalized spacial score (nSPS) is 17.4. The number of amides is 2. The Morgan fingerprint density at radius 2 is 1.67 bits per heavy atom. The lowest BCUT2D eigenvalue weighted by Crippen LogP contribution is -2.55. The Bertz CT molecular complexity index is 629. The van der Waals surface area contributed by atoms with Crippen LogP contribution in [0.25, 0.3) is 0 Å². The molecule has 2 amide bonds. The highest BCUT2D eigenvalue weighted by atomic mass is 16.2. The van der Waals surface area contributed by atoms with Gasteiger partial charge >= 0.3 is 0 Å². The topological polar surface area (TPSA) is 64.7 Å². The fraction of sp³-hybridized carbons (Fsp3) is 0.619. The van der Waals surface area contributed by atoms with E-state index in [-0.39, 0.29) is 23.4 Å². The van der Waals surface area contributed by atoms with Crippen molar-refractivity contribution in [1.29, 1.82) is 0 Å². The van der Waals surface area contributed by atoms with Gasteiger partial charge in [-0.15, -0.1) is 0 Å². The minimum absolute atomic E-state index is 0.0122. The van der Waals surface area contributed by atoms with Crippen molar-refractivity contribution in [3.8, 4) is 0 Å². The first-order chi connectivity index (χ1) is 12.7. The molecule has 1 aliphatic heterocycles. The SMILES string of the molecule is CCc1ccc(NC(=O)C(C)N2CCN(CC(=O)NC(C)(C)C)CC2)cc1. The van der Waals surface area contributed by atoms with Crippen LogP contribution in [-0.4, -0.2) is 65.9 Å². The molecular formula is C21H34N4O2. The van der Waals surface area contributed by atoms with Crippen molar-refractivity contribution in [3.05, 3.63) is 29.8 Å². The van der Waals surface area contributed by atoms with E-state index in [9.17, 15) is 9.59 Å². The number of carbonyl (C=O) groups is 2. The predicted octanol–water partition coefficient (Wildman–Crippen LogP) is 2.11. The van der Waals surface area contributed by atoms with Crippen LogP contribution in [0.15, 0.2) is 24.3 Å². The molecule has 6 heteroatoms. The standard InChI is InChI=1S/C21H34N4O2/c1-6-17-7-9-18(10-8-17)22-20(27)16(2)25-13-11-24(12-14-25)15-19(26)23-21(3,4)5/h7-10,16H,6,11-15H2,1-5H3,(H,22,27)(H,23,26). The number of anilines is 1. The molecule has 27 heavy (non-hydrogen) atoms. The van der Waals surface area contributed by atoms with Crippen molar-refractivity contribution in [2.75, 3.05) is 38.0 Å². The van der Waals surface area contributed by atoms with Gasteiger partial charge in [-0.25, -0.2) is 0 Å². The predicted molar refractivity (Wildman–Crippen MR) is 110 cm³/mol. The number of rotatable bonds is 6. The molecule has 1 fully saturated rings. The van der Waals surface area contributed by atoms with Crippen molar-refractivity contribution in [3.63, 3.8) is 0 Å². The van der Waals surface area contributed by atoms with Crippen LogP contribution in [0.1, 0.15) is 40.2 Å². The Balaban J connectivity index is 1.78. The number of nitrogens with one attached hydrogen (secondary N) is 2. The second-order valence-corrected chi connectivity index (χ2v) is 8.33. The molecule has 1 aromatic carbocycles. The van der Waals surface area contributed by atoms with Gasteiger partial charge in [0.2, 0.25) is 11.8 Å². The Hall–Kier alpha value is -1.92. The van der Waals surface area contributed by atoms with Crippen LogP contribution in [0.3, 0.4) is 0 Å². The first-order valence-corrected chi connectivity index (χ1v) is 9.85. The molecule has 0 saturated carbocycles. The van der Waals surface area contributed by atoms with Gasteiger partial charge in [0.15, 0.2) is 0 Å². The highest BCUT2D eigenvalue weighted by Gasteiger charge is 2.27. The van der Waals surface area contributed by atoms with E-state index in [1.165, 1.54) is 5.56 Å². The Morgan fingerprint density at radius 1 is 1.07 bits per heavy atom. The molecule has 1 atom stereocenters. The number of piperazine rings is 1. The Labute approximate surface area is 163 Å². The maximum Gasteiger partial charge on any atom is 0.241 e. The average Bonchev–Trinajstić information content (AvgIpc) is 2.60. The molecule has 1 saturated heterocycles. The summed E-state index contributed by atoms with van der Waals surface area (Å²) >= 11 is 0. The highest BCUT2D eigenvalue weighted by molar-refractivity contribution is 5.94. The summed E-state index contributed by atoms with van der Waals surface area (Å²) in [5.74, 6) is 0.0652. The van der Waals surface area contributed by atoms with Crippen molar-refractivity contribution < 1.29 is 9.59 Å². The third kappa shape index (κ3) is 6.96. The number of aryl methyl sites for hydroxylation is 1. The van der Waals surface area contributed by atoms with Crippen LogP contribution >= 0.6 is 0 Å². The van der Waals surface area contributed by atoms with Crippen LogP contribution in [0.2, 0.25) is 0 Å². The van der Waals surface area contributed by atoms with Gasteiger partial charge in [-0.2, -0.15) is 0 Å². The smallest absolute Gasteiger partial charge is 0.241 e. The van der Waals surface area contributed by atoms with E-state index < -0.39 is 0 Å². The lowest BCUT2D eigenvalue weighted by molar-refractivity contribution is -0.125. The third-order valence-corrected chi connectivity index (χ3v) is 4.85. The van der Waals surface area contributed by atoms with Gasteiger partial charge in [-0.05, 0) is 51.8 Å². The van der Waals surface area contributed by atoms with Crippen LogP contribution in [0.5, 0.6) is 0 Å². The second-order valence-electron chi connectivity index (χ2n) is 8.33. The number of nitrogens with zero attached hydrogens (tertiary/aromatic N) is 2. The zero-order valence-corrected chi connectivity index (χ0v) is 17.3. The van der Waals surface area contributed by atoms with E-state index in [1.54, 1.807) is 0 Å². The maximum atomic E-state index is 12.6. The van der Waals surface area contributed by atoms with Gasteiger partial charge in [0.25, 0.3) is 0 Å². The third-order valence-electron chi connectivity index (χ3n) is 4.85. The number of benzene rings is 1. The zero-order valence-electron chi connectivity index (χ0n) is 17.3. The van der Waals surface area contributed by atoms with E-state index in [2.05, 4.69) is 27.4 Å². The van der Waals surface area contributed by atoms with E-state index in [0.717, 1.165) is 38.3 Å². The van der Waals surface area contributed by atoms with E-state index in [1.807, 2.05) is 52.0 Å². The molecule has 0 spiro atoms. The summed E-state index contributed by atoms with van der Waals surface area (Å²) in [6.07, 6.45) is 0.989. The van der Waals surface area contributed by atoms with Crippen molar-refractivity contribution in [1.82, 2.24) is 15.1 Å². The monoisotopic (exact) mass is 374 g/mol. The molecule has 1 unspecified atom stereocenters. The van der Waals surface area contributed by atoms with Gasteiger partial charge in [-0.3, -0.25) is 19.4 Å². The molecule has 0 radical (unpaired) electrons. The molecule has 6 nitrogen and oxygen atoms in total. The van der Waals surface area contributed by atoms with E-state index in [4.69, 9.17) is 0 Å². The fourth-order valence-corrected chi connectivity index (χ4v) is 3.21. The summed E-state index contributed by atoms with van der Waals surface area (Å²) < 4.78 is 0. The molecular weight excluding hydrogens is 340 g/mol. The van der Waals surface area contributed by atoms with Crippen LogP contribution in [-0.2, 0) is 16.0 Å². The molecule has 0 bridgehead atoms. The van der Waals surface area contributed by atoms with Gasteiger partial charge in [0, 0.05) is 37.4 Å². The summed E-state index contributed by atoms with van der Waals surface area (Å²) in [6.45, 7) is 13.6. The molecule has 2 N–H and O–H groups in total. The fourth-order valence-electron chi connectivity index (χ4n) is 3.21. The minimum Gasteiger partial charge on any atom is -0.350 e. The lowest BCUT2D eigenvalue weighted by Gasteiger charge is -2.37. The van der Waals surface area contributed by atoms with Crippen molar-refractivity contribution in [2.24, 2.45) is 0 Å². The Kier molecular flexibility index (Phi) is 7.39. The molecule has 1 aromatic rings. The molecule has 1 heterocycles. The number of hydrogen-bond acceptors (Lipinski definition) is 4.